The van der Waals surface area contributed by atoms with Crippen LogP contribution in [-0.4, -0.2) is 0 Å². The molecule has 0 heterocycles. The molecule has 0 amide bonds. The molecule has 0 aliphatic carbocycles. The van der Waals surface area contributed by atoms with Gasteiger partial charge in [0.05, 0.1) is 0 Å². The van der Waals surface area contributed by atoms with Gasteiger partial charge in [0.1, 0.15) is 0 Å². The van der Waals surface area contributed by atoms with E-state index in [1.54, 1.807) is 0 Å². The second-order valence-corrected chi connectivity index (χ2v) is 2.40. The SMILES string of the molecule is [CH2]/C(=C\C)CCCCC. The Kier molecular flexibility index (Phi) is 5.70. The molecule has 0 bridgehead atoms. The van der Waals surface area contributed by atoms with Crippen molar-refractivity contribution < 1.29 is 0 Å². The quantitative estimate of drug-likeness (QED) is 0.505. The van der Waals surface area contributed by atoms with E-state index in [1.807, 2.05) is 6.92 Å². The minimum absolute atomic E-state index is 1.18. The molecule has 0 fully saturated rings. The molecule has 0 aliphatic rings. The van der Waals surface area contributed by atoms with Crippen molar-refractivity contribution in [3.63, 3.8) is 0 Å². The molecule has 0 spiro atoms. The molecule has 0 aromatic carbocycles. The highest BCUT2D eigenvalue weighted by molar-refractivity contribution is 5.02. The van der Waals surface area contributed by atoms with Crippen molar-refractivity contribution in [2.24, 2.45) is 0 Å². The molecule has 53 valence electrons. The van der Waals surface area contributed by atoms with Crippen LogP contribution in [0.3, 0.4) is 0 Å². The van der Waals surface area contributed by atoms with Gasteiger partial charge in [-0.3, -0.25) is 0 Å². The molecule has 0 rings (SSSR count). The van der Waals surface area contributed by atoms with E-state index >= 15 is 0 Å². The van der Waals surface area contributed by atoms with Crippen molar-refractivity contribution in [2.45, 2.75) is 39.5 Å². The van der Waals surface area contributed by atoms with Gasteiger partial charge in [-0.2, -0.15) is 0 Å². The van der Waals surface area contributed by atoms with Crippen LogP contribution in [0.5, 0.6) is 0 Å². The fraction of sp³-hybridized carbons (Fsp3) is 0.667. The Morgan fingerprint density at radius 1 is 1.44 bits per heavy atom. The molecule has 0 aromatic rings. The van der Waals surface area contributed by atoms with Crippen LogP contribution in [0.25, 0.3) is 0 Å². The number of hydrogen-bond acceptors (Lipinski definition) is 0. The third-order valence-corrected chi connectivity index (χ3v) is 1.51. The third kappa shape index (κ3) is 5.61. The lowest BCUT2D eigenvalue weighted by atomic mass is 10.1. The van der Waals surface area contributed by atoms with E-state index in [2.05, 4.69) is 19.9 Å². The second-order valence-electron chi connectivity index (χ2n) is 2.40. The highest BCUT2D eigenvalue weighted by Gasteiger charge is 1.86. The molecule has 0 saturated heterocycles. The summed E-state index contributed by atoms with van der Waals surface area (Å²) in [5.41, 5.74) is 1.28. The molecule has 0 aliphatic heterocycles. The summed E-state index contributed by atoms with van der Waals surface area (Å²) < 4.78 is 0. The van der Waals surface area contributed by atoms with Gasteiger partial charge in [0.2, 0.25) is 0 Å². The summed E-state index contributed by atoms with van der Waals surface area (Å²) in [6.45, 7) is 8.16. The Balaban J connectivity index is 3.07. The summed E-state index contributed by atoms with van der Waals surface area (Å²) in [5.74, 6) is 0. The molecule has 0 nitrogen and oxygen atoms in total. The first-order valence-corrected chi connectivity index (χ1v) is 3.78. The standard InChI is InChI=1S/C9H17/c1-4-6-7-8-9(3)5-2/h5H,3-4,6-8H2,1-2H3/b9-5+. The van der Waals surface area contributed by atoms with Crippen LogP contribution in [0.4, 0.5) is 0 Å². The first kappa shape index (κ1) is 8.74. The fourth-order valence-corrected chi connectivity index (χ4v) is 0.746. The van der Waals surface area contributed by atoms with Gasteiger partial charge < -0.3 is 0 Å². The summed E-state index contributed by atoms with van der Waals surface area (Å²) >= 11 is 0. The molecule has 0 N–H and O–H groups in total. The van der Waals surface area contributed by atoms with Crippen molar-refractivity contribution in [2.75, 3.05) is 0 Å². The largest absolute Gasteiger partial charge is 0.0884 e. The Morgan fingerprint density at radius 3 is 2.56 bits per heavy atom. The van der Waals surface area contributed by atoms with E-state index < -0.39 is 0 Å². The molecule has 0 atom stereocenters. The van der Waals surface area contributed by atoms with Gasteiger partial charge in [-0.15, -0.1) is 0 Å². The minimum atomic E-state index is 1.18. The zero-order valence-corrected chi connectivity index (χ0v) is 6.61. The Hall–Kier alpha value is -0.260. The predicted molar refractivity (Wildman–Crippen MR) is 43.3 cm³/mol. The maximum atomic E-state index is 3.89. The average molecular weight is 125 g/mol. The highest BCUT2D eigenvalue weighted by Crippen LogP contribution is 2.06. The van der Waals surface area contributed by atoms with Gasteiger partial charge in [0.25, 0.3) is 0 Å². The van der Waals surface area contributed by atoms with Crippen molar-refractivity contribution in [1.82, 2.24) is 0 Å². The molecule has 0 unspecified atom stereocenters. The van der Waals surface area contributed by atoms with Crippen LogP contribution in [0.1, 0.15) is 39.5 Å². The maximum Gasteiger partial charge on any atom is -0.0283 e. The van der Waals surface area contributed by atoms with Crippen molar-refractivity contribution >= 4 is 0 Å². The minimum Gasteiger partial charge on any atom is -0.0884 e. The van der Waals surface area contributed by atoms with Gasteiger partial charge in [-0.05, 0) is 26.7 Å². The molecular formula is C9H17. The van der Waals surface area contributed by atoms with Crippen LogP contribution in [0.15, 0.2) is 11.6 Å². The zero-order valence-electron chi connectivity index (χ0n) is 6.61. The van der Waals surface area contributed by atoms with Crippen LogP contribution in [-0.2, 0) is 0 Å². The molecule has 0 heteroatoms. The van der Waals surface area contributed by atoms with Gasteiger partial charge in [-0.25, -0.2) is 0 Å². The summed E-state index contributed by atoms with van der Waals surface area (Å²) in [5, 5.41) is 0. The first-order valence-electron chi connectivity index (χ1n) is 3.78. The van der Waals surface area contributed by atoms with Crippen molar-refractivity contribution in [3.05, 3.63) is 18.6 Å². The van der Waals surface area contributed by atoms with E-state index in [0.717, 1.165) is 0 Å². The maximum absolute atomic E-state index is 3.89. The number of unbranched alkanes of at least 4 members (excludes halogenated alkanes) is 2. The van der Waals surface area contributed by atoms with E-state index in [0.29, 0.717) is 0 Å². The lowest BCUT2D eigenvalue weighted by Crippen LogP contribution is -1.77. The Bertz CT molecular complexity index is 80.0. The first-order chi connectivity index (χ1) is 4.31. The average Bonchev–Trinajstić information content (AvgIpc) is 1.89. The van der Waals surface area contributed by atoms with Gasteiger partial charge >= 0.3 is 0 Å². The predicted octanol–water partition coefficient (Wildman–Crippen LogP) is 3.35. The van der Waals surface area contributed by atoms with Crippen LogP contribution >= 0.6 is 0 Å². The lowest BCUT2D eigenvalue weighted by molar-refractivity contribution is 0.718. The molecule has 0 saturated carbocycles. The van der Waals surface area contributed by atoms with E-state index in [-0.39, 0.29) is 0 Å². The molecule has 9 heavy (non-hydrogen) atoms. The van der Waals surface area contributed by atoms with Gasteiger partial charge in [-0.1, -0.05) is 31.4 Å². The Labute approximate surface area is 59.0 Å². The number of allylic oxidation sites excluding steroid dienone is 2. The lowest BCUT2D eigenvalue weighted by Gasteiger charge is -1.96. The van der Waals surface area contributed by atoms with Crippen LogP contribution in [0, 0.1) is 6.92 Å². The fourth-order valence-electron chi connectivity index (χ4n) is 0.746. The number of hydrogen-bond donors (Lipinski definition) is 0. The van der Waals surface area contributed by atoms with Gasteiger partial charge in [0, 0.05) is 0 Å². The summed E-state index contributed by atoms with van der Waals surface area (Å²) in [6.07, 6.45) is 7.23. The zero-order chi connectivity index (χ0) is 7.11. The number of rotatable bonds is 4. The summed E-state index contributed by atoms with van der Waals surface area (Å²) in [4.78, 5) is 0. The topological polar surface area (TPSA) is 0 Å². The second kappa shape index (κ2) is 5.87. The third-order valence-electron chi connectivity index (χ3n) is 1.51. The van der Waals surface area contributed by atoms with Crippen LogP contribution in [0.2, 0.25) is 0 Å². The Morgan fingerprint density at radius 2 is 2.11 bits per heavy atom. The molecule has 0 aromatic heterocycles. The van der Waals surface area contributed by atoms with E-state index in [1.165, 1.54) is 31.3 Å². The summed E-state index contributed by atoms with van der Waals surface area (Å²) in [7, 11) is 0. The molecular weight excluding hydrogens is 108 g/mol. The van der Waals surface area contributed by atoms with E-state index in [9.17, 15) is 0 Å². The highest BCUT2D eigenvalue weighted by atomic mass is 13.9. The normalized spacial score (nSPS) is 12.1. The van der Waals surface area contributed by atoms with Crippen molar-refractivity contribution in [1.29, 1.82) is 0 Å². The monoisotopic (exact) mass is 125 g/mol. The van der Waals surface area contributed by atoms with Crippen molar-refractivity contribution in [3.8, 4) is 0 Å². The van der Waals surface area contributed by atoms with Gasteiger partial charge in [0.15, 0.2) is 0 Å². The smallest absolute Gasteiger partial charge is 0.0283 e. The van der Waals surface area contributed by atoms with E-state index in [4.69, 9.17) is 0 Å². The summed E-state index contributed by atoms with van der Waals surface area (Å²) in [6, 6.07) is 0. The van der Waals surface area contributed by atoms with Crippen LogP contribution < -0.4 is 0 Å². The molecule has 1 radical (unpaired) electrons.